The lowest BCUT2D eigenvalue weighted by molar-refractivity contribution is -0.0945. The number of piperidine rings is 6. The van der Waals surface area contributed by atoms with Gasteiger partial charge < -0.3 is 43.6 Å². The fourth-order valence-corrected chi connectivity index (χ4v) is 22.0. The smallest absolute Gasteiger partial charge is 0.0602 e. The number of nitrogens with zero attached hydrogens (tertiary/aromatic N) is 14. The first-order chi connectivity index (χ1) is 61.3. The molecule has 11 rings (SSSR count). The van der Waals surface area contributed by atoms with Crippen LogP contribution < -0.4 is 0 Å². The van der Waals surface area contributed by atoms with E-state index in [1.54, 1.807) is 0 Å². The van der Waals surface area contributed by atoms with E-state index in [0.717, 1.165) is 80.9 Å². The van der Waals surface area contributed by atoms with E-state index in [1.807, 2.05) is 0 Å². The highest BCUT2D eigenvalue weighted by atomic mass is 16.5. The van der Waals surface area contributed by atoms with Gasteiger partial charge in [0.1, 0.15) is 0 Å². The van der Waals surface area contributed by atoms with Crippen molar-refractivity contribution >= 4 is 0 Å². The maximum absolute atomic E-state index is 6.15. The second-order valence-electron chi connectivity index (χ2n) is 57.8. The van der Waals surface area contributed by atoms with Gasteiger partial charge in [-0.3, -0.25) is 39.2 Å². The molecular formula is C116H236N14O3. The van der Waals surface area contributed by atoms with Crippen molar-refractivity contribution < 1.29 is 14.2 Å². The van der Waals surface area contributed by atoms with Gasteiger partial charge in [0.2, 0.25) is 0 Å². The normalized spacial score (nSPS) is 24.5. The van der Waals surface area contributed by atoms with Crippen LogP contribution in [0.1, 0.15) is 391 Å². The molecule has 0 unspecified atom stereocenters. The molecule has 133 heavy (non-hydrogen) atoms. The average Bonchev–Trinajstić information content (AvgIpc) is 0.850. The van der Waals surface area contributed by atoms with Crippen LogP contribution in [0.25, 0.3) is 0 Å². The lowest BCUT2D eigenvalue weighted by Crippen LogP contribution is -2.55. The van der Waals surface area contributed by atoms with Crippen molar-refractivity contribution in [3.05, 3.63) is 0 Å². The van der Waals surface area contributed by atoms with Gasteiger partial charge in [-0.1, -0.05) is 104 Å². The number of hydrogen-bond acceptors (Lipinski definition) is 17. The minimum atomic E-state index is -0.0203. The fourth-order valence-electron chi connectivity index (χ4n) is 22.0. The van der Waals surface area contributed by atoms with Crippen LogP contribution in [0.15, 0.2) is 0 Å². The Hall–Kier alpha value is -0.680. The summed E-state index contributed by atoms with van der Waals surface area (Å²) >= 11 is 0. The van der Waals surface area contributed by atoms with E-state index in [1.165, 1.54) is 345 Å². The highest BCUT2D eigenvalue weighted by molar-refractivity contribution is 4.92. The maximum Gasteiger partial charge on any atom is 0.0602 e. The summed E-state index contributed by atoms with van der Waals surface area (Å²) in [5.74, 6) is 5.51. The predicted molar refractivity (Wildman–Crippen MR) is 580 cm³/mol. The van der Waals surface area contributed by atoms with E-state index in [9.17, 15) is 0 Å². The number of rotatable bonds is 24. The van der Waals surface area contributed by atoms with E-state index in [2.05, 4.69) is 318 Å². The summed E-state index contributed by atoms with van der Waals surface area (Å²) in [4.78, 5) is 37.3. The van der Waals surface area contributed by atoms with Gasteiger partial charge >= 0.3 is 0 Å². The molecule has 17 nitrogen and oxygen atoms in total. The van der Waals surface area contributed by atoms with Gasteiger partial charge in [0.05, 0.1) is 43.3 Å². The molecule has 10 heterocycles. The minimum Gasteiger partial charge on any atom is -0.377 e. The summed E-state index contributed by atoms with van der Waals surface area (Å²) in [6.45, 7) is 131. The molecule has 0 aromatic heterocycles. The third-order valence-electron chi connectivity index (χ3n) is 31.6. The molecule has 10 saturated heterocycles. The van der Waals surface area contributed by atoms with Gasteiger partial charge in [0.15, 0.2) is 0 Å². The number of ether oxygens (including phenoxy) is 3. The quantitative estimate of drug-likeness (QED) is 0.0920. The molecule has 1 aliphatic carbocycles. The summed E-state index contributed by atoms with van der Waals surface area (Å²) < 4.78 is 18.2. The minimum absolute atomic E-state index is 0.0121. The highest BCUT2D eigenvalue weighted by Gasteiger charge is 2.37. The molecule has 11 aliphatic rings. The summed E-state index contributed by atoms with van der Waals surface area (Å²) in [6.07, 6.45) is 30.4. The summed E-state index contributed by atoms with van der Waals surface area (Å²) in [6, 6.07) is 0. The number of hydrogen-bond donors (Lipinski definition) is 0. The Morgan fingerprint density at radius 1 is 0.211 bits per heavy atom. The van der Waals surface area contributed by atoms with Crippen molar-refractivity contribution in [2.45, 2.75) is 442 Å². The Kier molecular flexibility index (Phi) is 50.6. The van der Waals surface area contributed by atoms with Crippen LogP contribution in [0.5, 0.6) is 0 Å². The van der Waals surface area contributed by atoms with Gasteiger partial charge in [0.25, 0.3) is 0 Å². The van der Waals surface area contributed by atoms with E-state index in [0.29, 0.717) is 67.0 Å². The molecule has 0 N–H and O–H groups in total. The number of likely N-dealkylation sites (tertiary alicyclic amines) is 6. The number of piperazine rings is 4. The molecular weight excluding hydrogens is 1640 g/mol. The van der Waals surface area contributed by atoms with E-state index in [4.69, 9.17) is 14.2 Å². The molecule has 10 aliphatic heterocycles. The van der Waals surface area contributed by atoms with Gasteiger partial charge in [-0.05, 0) is 441 Å². The molecule has 0 aromatic carbocycles. The Bertz CT molecular complexity index is 2680. The lowest BCUT2D eigenvalue weighted by atomic mass is 9.83. The molecule has 0 spiro atoms. The largest absolute Gasteiger partial charge is 0.377 e. The van der Waals surface area contributed by atoms with E-state index in [-0.39, 0.29) is 11.2 Å². The van der Waals surface area contributed by atoms with Crippen LogP contribution in [0, 0.1) is 62.6 Å². The van der Waals surface area contributed by atoms with Gasteiger partial charge in [0, 0.05) is 165 Å². The molecule has 0 radical (unpaired) electrons. The summed E-state index contributed by atoms with van der Waals surface area (Å²) in [5, 5.41) is 0. The molecule has 17 heteroatoms. The highest BCUT2D eigenvalue weighted by Crippen LogP contribution is 2.36. The van der Waals surface area contributed by atoms with Crippen LogP contribution in [-0.2, 0) is 14.2 Å². The maximum atomic E-state index is 6.15. The van der Waals surface area contributed by atoms with Crippen LogP contribution in [0.3, 0.4) is 0 Å². The third kappa shape index (κ3) is 54.2. The Labute approximate surface area is 831 Å². The zero-order valence-corrected chi connectivity index (χ0v) is 96.5. The first-order valence-electron chi connectivity index (χ1n) is 56.5. The molecule has 0 aromatic rings. The van der Waals surface area contributed by atoms with E-state index >= 15 is 0 Å². The van der Waals surface area contributed by atoms with Crippen LogP contribution in [0.4, 0.5) is 0 Å². The Morgan fingerprint density at radius 3 is 0.805 bits per heavy atom. The summed E-state index contributed by atoms with van der Waals surface area (Å²) in [5.41, 5.74) is 4.08. The molecule has 788 valence electrons. The Morgan fingerprint density at radius 2 is 0.466 bits per heavy atom. The average molecular weight is 1880 g/mol. The second-order valence-corrected chi connectivity index (χ2v) is 57.8. The molecule has 11 fully saturated rings. The van der Waals surface area contributed by atoms with Crippen LogP contribution in [-0.4, -0.2) is 369 Å². The van der Waals surface area contributed by atoms with Crippen molar-refractivity contribution in [3.8, 4) is 0 Å². The van der Waals surface area contributed by atoms with Crippen molar-refractivity contribution in [1.29, 1.82) is 0 Å². The van der Waals surface area contributed by atoms with Gasteiger partial charge in [-0.25, -0.2) is 0 Å². The SMILES string of the molecule is CC(C)(C)CCC1CCN(CC(C)(C)C)CC1.CC(C)(C)CCC1CCN(CN2CCN(C(C)(C)C)CC2)CC1.CC(C)(C)CCN1CCC(CN2CCN(C(C)(C)C)CC2)CC1.CC(C)(C)CCN1CCN(CC2CCN(C(C)(C)C)CC2)CC1.CC(C)(C)OC1CCC(OCCN2CCN(C(C)(C)C)CC2)CC1.CC(C)(C)OCC1CCN(CC2CCN(C(C)(C)C)CC2)CC1. The predicted octanol–water partition coefficient (Wildman–Crippen LogP) is 23.1. The van der Waals surface area contributed by atoms with Crippen LogP contribution in [0.2, 0.25) is 0 Å². The van der Waals surface area contributed by atoms with Crippen molar-refractivity contribution in [3.63, 3.8) is 0 Å². The fraction of sp³-hybridized carbons (Fsp3) is 1.00. The summed E-state index contributed by atoms with van der Waals surface area (Å²) in [7, 11) is 0. The van der Waals surface area contributed by atoms with Gasteiger partial charge in [-0.15, -0.1) is 0 Å². The topological polar surface area (TPSA) is 73.1 Å². The van der Waals surface area contributed by atoms with Crippen molar-refractivity contribution in [2.24, 2.45) is 62.6 Å². The van der Waals surface area contributed by atoms with Crippen molar-refractivity contribution in [2.75, 3.05) is 249 Å². The standard InChI is InChI=1S/3C20H41N3.C20H40N2O2.C20H40N2O.C16H33N/c1-19(2,3)9-12-21-13-15-22(16-14-21)17-18-7-10-23(11-8-18)20(4,5)6;1-19(2,3)9-12-21-10-7-18(8-11-21)17-22-13-15-23(16-14-22)20(4,5)6;1-19(2,3)10-7-18-8-11-21(12-9-18)17-22-13-15-23(16-14-22)20(4,5)6;1-19(2,3)22-13-11-21(12-14-22)15-16-23-17-7-9-18(10-8-17)24-20(4,5)6;1-19(2,3)22-13-9-17(10-14-22)15-21-11-7-18(8-12-21)16-23-20(4,5)6;1-15(2,3)10-7-14-8-11-17(12-9-14)13-16(4,5)6/h3*18H,7-17H2,1-6H3;17-18H,7-16H2,1-6H3;17-18H,7-16H2,1-6H3;14H,7-13H2,1-6H3. The monoisotopic (exact) mass is 1870 g/mol. The molecule has 0 amide bonds. The van der Waals surface area contributed by atoms with Crippen LogP contribution >= 0.6 is 0 Å². The Balaban J connectivity index is 0.000000246. The molecule has 1 saturated carbocycles. The van der Waals surface area contributed by atoms with Crippen molar-refractivity contribution in [1.82, 2.24) is 68.6 Å². The second kappa shape index (κ2) is 55.6. The van der Waals surface area contributed by atoms with E-state index < -0.39 is 0 Å². The van der Waals surface area contributed by atoms with Gasteiger partial charge in [-0.2, -0.15) is 0 Å². The lowest BCUT2D eigenvalue weighted by Gasteiger charge is -2.44. The molecule has 0 bridgehead atoms. The zero-order valence-electron chi connectivity index (χ0n) is 96.5. The first kappa shape index (κ1) is 121. The molecule has 0 atom stereocenters. The third-order valence-corrected chi connectivity index (χ3v) is 31.6. The first-order valence-corrected chi connectivity index (χ1v) is 56.5. The zero-order chi connectivity index (χ0) is 99.2.